The maximum absolute atomic E-state index is 9.80. The van der Waals surface area contributed by atoms with E-state index in [0.717, 1.165) is 31.4 Å². The summed E-state index contributed by atoms with van der Waals surface area (Å²) in [6.07, 6.45) is 3.20. The second-order valence-electron chi connectivity index (χ2n) is 4.35. The van der Waals surface area contributed by atoms with Gasteiger partial charge in [0, 0.05) is 6.04 Å². The van der Waals surface area contributed by atoms with Crippen molar-refractivity contribution in [3.05, 3.63) is 29.3 Å². The zero-order valence-corrected chi connectivity index (χ0v) is 11.1. The fraction of sp³-hybridized carbons (Fsp3) is 0.538. The lowest BCUT2D eigenvalue weighted by Crippen LogP contribution is -2.36. The molecule has 0 amide bonds. The number of aromatic hydroxyl groups is 1. The summed E-state index contributed by atoms with van der Waals surface area (Å²) in [5.74, 6) is 0.441. The summed E-state index contributed by atoms with van der Waals surface area (Å²) in [7, 11) is 0. The lowest BCUT2D eigenvalue weighted by Gasteiger charge is -2.31. The van der Waals surface area contributed by atoms with Crippen LogP contribution in [0.2, 0.25) is 0 Å². The van der Waals surface area contributed by atoms with E-state index in [2.05, 4.69) is 34.2 Å². The number of nitrogens with one attached hydrogen (secondary N) is 1. The molecule has 1 aromatic carbocycles. The van der Waals surface area contributed by atoms with Gasteiger partial charge in [-0.25, -0.2) is 0 Å². The lowest BCUT2D eigenvalue weighted by molar-refractivity contribution is 0.430. The first-order chi connectivity index (χ1) is 7.74. The van der Waals surface area contributed by atoms with E-state index in [-0.39, 0.29) is 0 Å². The Morgan fingerprint density at radius 3 is 3.06 bits per heavy atom. The molecule has 2 N–H and O–H groups in total. The molecule has 0 radical (unpaired) electrons. The minimum atomic E-state index is 0.315. The third kappa shape index (κ3) is 2.25. The SMILES string of the molecule is CCCNC1CCc2c(O)cccc2C1Br. The van der Waals surface area contributed by atoms with Crippen molar-refractivity contribution in [2.24, 2.45) is 0 Å². The van der Waals surface area contributed by atoms with E-state index in [1.54, 1.807) is 6.07 Å². The monoisotopic (exact) mass is 283 g/mol. The largest absolute Gasteiger partial charge is 0.508 e. The zero-order valence-electron chi connectivity index (χ0n) is 9.54. The highest BCUT2D eigenvalue weighted by molar-refractivity contribution is 9.09. The Labute approximate surface area is 105 Å². The van der Waals surface area contributed by atoms with Crippen LogP contribution in [-0.4, -0.2) is 17.7 Å². The fourth-order valence-electron chi connectivity index (χ4n) is 2.32. The molecule has 0 bridgehead atoms. The molecule has 1 aliphatic rings. The van der Waals surface area contributed by atoms with Crippen LogP contribution in [0.5, 0.6) is 5.75 Å². The molecule has 0 fully saturated rings. The van der Waals surface area contributed by atoms with Crippen LogP contribution >= 0.6 is 15.9 Å². The molecule has 0 saturated heterocycles. The number of alkyl halides is 1. The van der Waals surface area contributed by atoms with Gasteiger partial charge in [0.1, 0.15) is 5.75 Å². The number of hydrogen-bond acceptors (Lipinski definition) is 2. The Hall–Kier alpha value is -0.540. The Kier molecular flexibility index (Phi) is 3.87. The van der Waals surface area contributed by atoms with Crippen molar-refractivity contribution in [3.63, 3.8) is 0 Å². The molecular weight excluding hydrogens is 266 g/mol. The first kappa shape index (κ1) is 11.9. The van der Waals surface area contributed by atoms with Crippen LogP contribution in [0.15, 0.2) is 18.2 Å². The molecule has 2 atom stereocenters. The van der Waals surface area contributed by atoms with Gasteiger partial charge in [0.25, 0.3) is 0 Å². The summed E-state index contributed by atoms with van der Waals surface area (Å²) in [4.78, 5) is 0.315. The summed E-state index contributed by atoms with van der Waals surface area (Å²) < 4.78 is 0. The molecule has 0 heterocycles. The van der Waals surface area contributed by atoms with Crippen molar-refractivity contribution in [1.82, 2.24) is 5.32 Å². The van der Waals surface area contributed by atoms with Crippen LogP contribution in [0, 0.1) is 0 Å². The van der Waals surface area contributed by atoms with Crippen LogP contribution in [0.3, 0.4) is 0 Å². The molecule has 16 heavy (non-hydrogen) atoms. The van der Waals surface area contributed by atoms with Gasteiger partial charge in [-0.2, -0.15) is 0 Å². The smallest absolute Gasteiger partial charge is 0.119 e. The molecule has 0 aromatic heterocycles. The molecule has 1 aromatic rings. The summed E-state index contributed by atoms with van der Waals surface area (Å²) in [5, 5.41) is 13.3. The van der Waals surface area contributed by atoms with Crippen LogP contribution in [0.4, 0.5) is 0 Å². The van der Waals surface area contributed by atoms with Gasteiger partial charge < -0.3 is 10.4 Å². The van der Waals surface area contributed by atoms with Crippen LogP contribution in [-0.2, 0) is 6.42 Å². The molecule has 2 rings (SSSR count). The number of hydrogen-bond donors (Lipinski definition) is 2. The zero-order chi connectivity index (χ0) is 11.5. The van der Waals surface area contributed by atoms with E-state index in [1.807, 2.05) is 6.07 Å². The summed E-state index contributed by atoms with van der Waals surface area (Å²) in [5.41, 5.74) is 2.35. The predicted octanol–water partition coefficient (Wildman–Crippen LogP) is 3.14. The third-order valence-electron chi connectivity index (χ3n) is 3.20. The molecule has 88 valence electrons. The van der Waals surface area contributed by atoms with E-state index >= 15 is 0 Å². The van der Waals surface area contributed by atoms with Gasteiger partial charge in [-0.05, 0) is 43.0 Å². The highest BCUT2D eigenvalue weighted by Crippen LogP contribution is 2.39. The second-order valence-corrected chi connectivity index (χ2v) is 5.33. The molecule has 1 aliphatic carbocycles. The number of fused-ring (bicyclic) bond motifs is 1. The van der Waals surface area contributed by atoms with E-state index in [0.29, 0.717) is 16.6 Å². The van der Waals surface area contributed by atoms with Gasteiger partial charge in [0.15, 0.2) is 0 Å². The maximum Gasteiger partial charge on any atom is 0.119 e. The van der Waals surface area contributed by atoms with Gasteiger partial charge in [0.05, 0.1) is 4.83 Å². The Morgan fingerprint density at radius 2 is 2.31 bits per heavy atom. The van der Waals surface area contributed by atoms with Crippen molar-refractivity contribution >= 4 is 15.9 Å². The number of phenolic OH excluding ortho intramolecular Hbond substituents is 1. The van der Waals surface area contributed by atoms with Crippen molar-refractivity contribution in [1.29, 1.82) is 0 Å². The maximum atomic E-state index is 9.80. The molecular formula is C13H18BrNO. The summed E-state index contributed by atoms with van der Waals surface area (Å²) in [6.45, 7) is 3.24. The number of halogens is 1. The minimum absolute atomic E-state index is 0.315. The van der Waals surface area contributed by atoms with Gasteiger partial charge in [-0.15, -0.1) is 0 Å². The average Bonchev–Trinajstić information content (AvgIpc) is 2.29. The summed E-state index contributed by atoms with van der Waals surface area (Å²) in [6, 6.07) is 6.28. The Balaban J connectivity index is 2.18. The molecule has 2 unspecified atom stereocenters. The van der Waals surface area contributed by atoms with E-state index in [1.165, 1.54) is 5.56 Å². The van der Waals surface area contributed by atoms with Gasteiger partial charge >= 0.3 is 0 Å². The van der Waals surface area contributed by atoms with Crippen LogP contribution in [0.1, 0.15) is 35.7 Å². The normalized spacial score (nSPS) is 24.1. The molecule has 3 heteroatoms. The number of rotatable bonds is 3. The highest BCUT2D eigenvalue weighted by Gasteiger charge is 2.28. The topological polar surface area (TPSA) is 32.3 Å². The quantitative estimate of drug-likeness (QED) is 0.836. The van der Waals surface area contributed by atoms with Crippen LogP contribution in [0.25, 0.3) is 0 Å². The van der Waals surface area contributed by atoms with Crippen molar-refractivity contribution in [2.75, 3.05) is 6.54 Å². The van der Waals surface area contributed by atoms with Crippen LogP contribution < -0.4 is 5.32 Å². The Bertz CT molecular complexity index is 367. The molecule has 0 spiro atoms. The Morgan fingerprint density at radius 1 is 1.50 bits per heavy atom. The minimum Gasteiger partial charge on any atom is -0.508 e. The van der Waals surface area contributed by atoms with Crippen molar-refractivity contribution in [2.45, 2.75) is 37.1 Å². The summed E-state index contributed by atoms with van der Waals surface area (Å²) >= 11 is 3.74. The highest BCUT2D eigenvalue weighted by atomic mass is 79.9. The lowest BCUT2D eigenvalue weighted by atomic mass is 9.87. The third-order valence-corrected chi connectivity index (χ3v) is 4.33. The van der Waals surface area contributed by atoms with E-state index in [4.69, 9.17) is 0 Å². The number of benzene rings is 1. The van der Waals surface area contributed by atoms with Gasteiger partial charge in [0.2, 0.25) is 0 Å². The predicted molar refractivity (Wildman–Crippen MR) is 70.2 cm³/mol. The standard InChI is InChI=1S/C13H18BrNO/c1-2-8-15-11-7-6-9-10(13(11)14)4-3-5-12(9)16/h3-5,11,13,15-16H,2,6-8H2,1H3. The first-order valence-electron chi connectivity index (χ1n) is 5.92. The van der Waals surface area contributed by atoms with Crippen molar-refractivity contribution < 1.29 is 5.11 Å². The van der Waals surface area contributed by atoms with E-state index < -0.39 is 0 Å². The second kappa shape index (κ2) is 5.19. The average molecular weight is 284 g/mol. The molecule has 2 nitrogen and oxygen atoms in total. The number of phenols is 1. The van der Waals surface area contributed by atoms with Gasteiger partial charge in [-0.3, -0.25) is 0 Å². The first-order valence-corrected chi connectivity index (χ1v) is 6.83. The fourth-order valence-corrected chi connectivity index (χ4v) is 3.20. The molecule has 0 aliphatic heterocycles. The van der Waals surface area contributed by atoms with E-state index in [9.17, 15) is 5.11 Å². The molecule has 0 saturated carbocycles. The van der Waals surface area contributed by atoms with Crippen molar-refractivity contribution in [3.8, 4) is 5.75 Å². The van der Waals surface area contributed by atoms with Gasteiger partial charge in [-0.1, -0.05) is 35.0 Å².